The van der Waals surface area contributed by atoms with Gasteiger partial charge in [0.25, 0.3) is 0 Å². The predicted octanol–water partition coefficient (Wildman–Crippen LogP) is 1.34. The van der Waals surface area contributed by atoms with E-state index in [-0.39, 0.29) is 0 Å². The Morgan fingerprint density at radius 2 is 2.15 bits per heavy atom. The molecule has 1 unspecified atom stereocenters. The highest BCUT2D eigenvalue weighted by atomic mass is 32.2. The fraction of sp³-hybridized carbons (Fsp3) is 0.611. The maximum absolute atomic E-state index is 11.6. The lowest BCUT2D eigenvalue weighted by Gasteiger charge is -2.16. The standard InChI is InChI=1S/C18H30N4O3S/c1-5-19-18(20-11-15-8-9-22(13-15)26(4,23)24)21-12-16-7-6-14(2)10-17(16)25-3/h6-7,10,15H,5,8-9,11-13H2,1-4H3,(H2,19,20,21). The van der Waals surface area contributed by atoms with Crippen LogP contribution in [0.2, 0.25) is 0 Å². The van der Waals surface area contributed by atoms with Gasteiger partial charge >= 0.3 is 0 Å². The third-order valence-electron chi connectivity index (χ3n) is 4.47. The molecule has 1 aliphatic rings. The molecule has 0 aromatic heterocycles. The monoisotopic (exact) mass is 382 g/mol. The van der Waals surface area contributed by atoms with Crippen molar-refractivity contribution < 1.29 is 13.2 Å². The second-order valence-corrected chi connectivity index (χ2v) is 8.65. The number of hydrogen-bond donors (Lipinski definition) is 2. The molecule has 1 atom stereocenters. The van der Waals surface area contributed by atoms with Crippen molar-refractivity contribution in [1.29, 1.82) is 0 Å². The molecule has 0 radical (unpaired) electrons. The highest BCUT2D eigenvalue weighted by Gasteiger charge is 2.28. The normalized spacial score (nSPS) is 18.8. The SMILES string of the molecule is CCNC(=NCc1ccc(C)cc1OC)NCC1CCN(S(C)(=O)=O)C1. The number of guanidine groups is 1. The second kappa shape index (κ2) is 9.23. The number of nitrogens with one attached hydrogen (secondary N) is 2. The van der Waals surface area contributed by atoms with E-state index in [4.69, 9.17) is 4.74 Å². The minimum Gasteiger partial charge on any atom is -0.496 e. The van der Waals surface area contributed by atoms with Gasteiger partial charge in [0.1, 0.15) is 5.75 Å². The molecule has 0 saturated carbocycles. The average molecular weight is 383 g/mol. The molecule has 1 heterocycles. The molecule has 26 heavy (non-hydrogen) atoms. The van der Waals surface area contributed by atoms with Crippen molar-refractivity contribution in [2.45, 2.75) is 26.8 Å². The van der Waals surface area contributed by atoms with Crippen LogP contribution in [0, 0.1) is 12.8 Å². The minimum absolute atomic E-state index is 0.294. The van der Waals surface area contributed by atoms with Crippen molar-refractivity contribution in [3.8, 4) is 5.75 Å². The zero-order valence-electron chi connectivity index (χ0n) is 16.1. The van der Waals surface area contributed by atoms with Crippen molar-refractivity contribution in [3.05, 3.63) is 29.3 Å². The van der Waals surface area contributed by atoms with Gasteiger partial charge in [-0.1, -0.05) is 12.1 Å². The van der Waals surface area contributed by atoms with Crippen LogP contribution in [0.15, 0.2) is 23.2 Å². The van der Waals surface area contributed by atoms with Crippen molar-refractivity contribution >= 4 is 16.0 Å². The van der Waals surface area contributed by atoms with E-state index >= 15 is 0 Å². The summed E-state index contributed by atoms with van der Waals surface area (Å²) < 4.78 is 30.2. The summed E-state index contributed by atoms with van der Waals surface area (Å²) in [5.74, 6) is 1.86. The Hall–Kier alpha value is -1.80. The lowest BCUT2D eigenvalue weighted by molar-refractivity contribution is 0.409. The van der Waals surface area contributed by atoms with Gasteiger partial charge in [-0.2, -0.15) is 0 Å². The molecule has 2 N–H and O–H groups in total. The van der Waals surface area contributed by atoms with E-state index in [2.05, 4.69) is 15.6 Å². The van der Waals surface area contributed by atoms with Gasteiger partial charge in [0.2, 0.25) is 10.0 Å². The van der Waals surface area contributed by atoms with Crippen LogP contribution in [0.4, 0.5) is 0 Å². The number of sulfonamides is 1. The van der Waals surface area contributed by atoms with Gasteiger partial charge in [-0.25, -0.2) is 17.7 Å². The number of hydrogen-bond acceptors (Lipinski definition) is 4. The summed E-state index contributed by atoms with van der Waals surface area (Å²) >= 11 is 0. The van der Waals surface area contributed by atoms with Crippen molar-refractivity contribution in [2.24, 2.45) is 10.9 Å². The maximum Gasteiger partial charge on any atom is 0.211 e. The highest BCUT2D eigenvalue weighted by Crippen LogP contribution is 2.21. The predicted molar refractivity (Wildman–Crippen MR) is 105 cm³/mol. The van der Waals surface area contributed by atoms with Crippen LogP contribution in [0.5, 0.6) is 5.75 Å². The van der Waals surface area contributed by atoms with Crippen molar-refractivity contribution in [1.82, 2.24) is 14.9 Å². The van der Waals surface area contributed by atoms with Crippen molar-refractivity contribution in [3.63, 3.8) is 0 Å². The Bertz CT molecular complexity index is 734. The van der Waals surface area contributed by atoms with Gasteiger partial charge in [0, 0.05) is 31.7 Å². The molecule has 0 amide bonds. The maximum atomic E-state index is 11.6. The van der Waals surface area contributed by atoms with Gasteiger partial charge in [0.15, 0.2) is 5.96 Å². The number of aryl methyl sites for hydroxylation is 1. The average Bonchev–Trinajstić information content (AvgIpc) is 3.07. The number of ether oxygens (including phenoxy) is 1. The van der Waals surface area contributed by atoms with Crippen LogP contribution in [-0.4, -0.2) is 58.2 Å². The molecular weight excluding hydrogens is 352 g/mol. The van der Waals surface area contributed by atoms with E-state index in [9.17, 15) is 8.42 Å². The Kier molecular flexibility index (Phi) is 7.28. The van der Waals surface area contributed by atoms with Crippen molar-refractivity contribution in [2.75, 3.05) is 39.5 Å². The molecule has 1 fully saturated rings. The number of nitrogens with zero attached hydrogens (tertiary/aromatic N) is 2. The summed E-state index contributed by atoms with van der Waals surface area (Å²) in [5, 5.41) is 6.56. The quantitative estimate of drug-likeness (QED) is 0.549. The van der Waals surface area contributed by atoms with Gasteiger partial charge in [-0.05, 0) is 37.8 Å². The van der Waals surface area contributed by atoms with E-state index in [1.165, 1.54) is 6.26 Å². The van der Waals surface area contributed by atoms with E-state index in [0.29, 0.717) is 32.1 Å². The number of benzene rings is 1. The zero-order valence-corrected chi connectivity index (χ0v) is 16.9. The lowest BCUT2D eigenvalue weighted by Crippen LogP contribution is -2.40. The van der Waals surface area contributed by atoms with Gasteiger partial charge < -0.3 is 15.4 Å². The van der Waals surface area contributed by atoms with E-state index in [0.717, 1.165) is 35.8 Å². The second-order valence-electron chi connectivity index (χ2n) is 6.67. The number of methoxy groups -OCH3 is 1. The first-order chi connectivity index (χ1) is 12.3. The minimum atomic E-state index is -3.10. The smallest absolute Gasteiger partial charge is 0.211 e. The van der Waals surface area contributed by atoms with Crippen LogP contribution in [0.3, 0.4) is 0 Å². The van der Waals surface area contributed by atoms with Gasteiger partial charge in [-0.3, -0.25) is 0 Å². The van der Waals surface area contributed by atoms with Crippen LogP contribution in [0.25, 0.3) is 0 Å². The first-order valence-electron chi connectivity index (χ1n) is 8.94. The Labute approximate surface area is 156 Å². The molecule has 7 nitrogen and oxygen atoms in total. The molecule has 0 aliphatic carbocycles. The topological polar surface area (TPSA) is 83.0 Å². The lowest BCUT2D eigenvalue weighted by atomic mass is 10.1. The van der Waals surface area contributed by atoms with Crippen LogP contribution in [0.1, 0.15) is 24.5 Å². The Morgan fingerprint density at radius 3 is 2.77 bits per heavy atom. The van der Waals surface area contributed by atoms with E-state index < -0.39 is 10.0 Å². The summed E-state index contributed by atoms with van der Waals surface area (Å²) in [6, 6.07) is 6.08. The summed E-state index contributed by atoms with van der Waals surface area (Å²) in [7, 11) is -1.43. The largest absolute Gasteiger partial charge is 0.496 e. The first kappa shape index (κ1) is 20.5. The third-order valence-corrected chi connectivity index (χ3v) is 5.74. The Balaban J connectivity index is 1.95. The number of aliphatic imine (C=N–C) groups is 1. The molecule has 8 heteroatoms. The first-order valence-corrected chi connectivity index (χ1v) is 10.8. The molecule has 1 aromatic carbocycles. The fourth-order valence-corrected chi connectivity index (χ4v) is 3.91. The van der Waals surface area contributed by atoms with Crippen LogP contribution >= 0.6 is 0 Å². The summed E-state index contributed by atoms with van der Waals surface area (Å²) in [5.41, 5.74) is 2.18. The molecule has 146 valence electrons. The van der Waals surface area contributed by atoms with E-state index in [1.807, 2.05) is 32.0 Å². The molecule has 1 aliphatic heterocycles. The third kappa shape index (κ3) is 5.88. The molecule has 1 aromatic rings. The molecule has 1 saturated heterocycles. The number of rotatable bonds is 7. The van der Waals surface area contributed by atoms with Crippen LogP contribution in [-0.2, 0) is 16.6 Å². The summed E-state index contributed by atoms with van der Waals surface area (Å²) in [4.78, 5) is 4.63. The fourth-order valence-electron chi connectivity index (χ4n) is 2.99. The Morgan fingerprint density at radius 1 is 1.38 bits per heavy atom. The van der Waals surface area contributed by atoms with Crippen LogP contribution < -0.4 is 15.4 Å². The molecular formula is C18H30N4O3S. The molecule has 0 spiro atoms. The summed E-state index contributed by atoms with van der Waals surface area (Å²) in [6.45, 7) is 7.18. The zero-order chi connectivity index (χ0) is 19.2. The summed E-state index contributed by atoms with van der Waals surface area (Å²) in [6.07, 6.45) is 2.13. The van der Waals surface area contributed by atoms with E-state index in [1.54, 1.807) is 11.4 Å². The van der Waals surface area contributed by atoms with Gasteiger partial charge in [-0.15, -0.1) is 0 Å². The molecule has 0 bridgehead atoms. The van der Waals surface area contributed by atoms with Gasteiger partial charge in [0.05, 0.1) is 19.9 Å². The molecule has 2 rings (SSSR count). The highest BCUT2D eigenvalue weighted by molar-refractivity contribution is 7.88.